The van der Waals surface area contributed by atoms with Crippen molar-refractivity contribution in [2.24, 2.45) is 0 Å². The van der Waals surface area contributed by atoms with Crippen molar-refractivity contribution >= 4 is 22.9 Å². The van der Waals surface area contributed by atoms with Crippen LogP contribution in [-0.4, -0.2) is 39.4 Å². The Kier molecular flexibility index (Phi) is 7.20. The third-order valence-corrected chi connectivity index (χ3v) is 6.01. The second kappa shape index (κ2) is 10.3. The largest absolute Gasteiger partial charge is 0.379 e. The Morgan fingerprint density at radius 2 is 1.82 bits per heavy atom. The summed E-state index contributed by atoms with van der Waals surface area (Å²) in [6, 6.07) is 18.1. The van der Waals surface area contributed by atoms with E-state index in [9.17, 15) is 0 Å². The Bertz CT molecular complexity index is 1120. The Hall–Kier alpha value is -3.03. The first-order valence-corrected chi connectivity index (χ1v) is 11.7. The van der Waals surface area contributed by atoms with E-state index in [-0.39, 0.29) is 12.1 Å². The summed E-state index contributed by atoms with van der Waals surface area (Å²) in [6.45, 7) is 9.66. The van der Waals surface area contributed by atoms with E-state index in [1.165, 1.54) is 5.56 Å². The van der Waals surface area contributed by atoms with E-state index >= 15 is 0 Å². The molecule has 0 amide bonds. The molecule has 0 spiro atoms. The fourth-order valence-corrected chi connectivity index (χ4v) is 4.26. The maximum absolute atomic E-state index is 5.79. The minimum Gasteiger partial charge on any atom is -0.379 e. The molecule has 0 fully saturated rings. The fraction of sp³-hybridized carbons (Fsp3) is 0.346. The molecule has 2 heterocycles. The molecular weight excluding hydrogens is 432 g/mol. The summed E-state index contributed by atoms with van der Waals surface area (Å²) < 4.78 is 11.5. The molecule has 0 saturated carbocycles. The number of aryl methyl sites for hydroxylation is 1. The highest BCUT2D eigenvalue weighted by Crippen LogP contribution is 2.37. The number of thiocarbonyl (C=S) groups is 1. The average Bonchev–Trinajstić information content (AvgIpc) is 3.29. The quantitative estimate of drug-likeness (QED) is 0.349. The Morgan fingerprint density at radius 3 is 2.52 bits per heavy atom. The Morgan fingerprint density at radius 1 is 1.09 bits per heavy atom. The van der Waals surface area contributed by atoms with Crippen molar-refractivity contribution in [3.63, 3.8) is 0 Å². The third kappa shape index (κ3) is 5.31. The standard InChI is InChI=1S/C26H30N4O2S/c1-17(2)31-16-8-15-30-19(4)22(23(27-26(30)33)20-13-11-18(3)12-14-20)25-28-24(29-32-25)21-9-6-5-7-10-21/h5-7,9-14,17,23H,8,15-16H2,1-4H3,(H,27,33). The summed E-state index contributed by atoms with van der Waals surface area (Å²) in [6.07, 6.45) is 1.07. The van der Waals surface area contributed by atoms with Crippen LogP contribution in [-0.2, 0) is 4.74 Å². The van der Waals surface area contributed by atoms with Crippen molar-refractivity contribution in [2.45, 2.75) is 46.3 Å². The summed E-state index contributed by atoms with van der Waals surface area (Å²) in [7, 11) is 0. The molecule has 2 aromatic carbocycles. The van der Waals surface area contributed by atoms with Crippen LogP contribution in [0.15, 0.2) is 64.8 Å². The highest BCUT2D eigenvalue weighted by molar-refractivity contribution is 7.80. The molecule has 6 nitrogen and oxygen atoms in total. The molecule has 1 atom stereocenters. The maximum atomic E-state index is 5.79. The molecule has 1 aromatic heterocycles. The summed E-state index contributed by atoms with van der Waals surface area (Å²) in [4.78, 5) is 6.86. The molecule has 4 rings (SSSR count). The topological polar surface area (TPSA) is 63.4 Å². The highest BCUT2D eigenvalue weighted by atomic mass is 32.1. The first-order valence-electron chi connectivity index (χ1n) is 11.3. The van der Waals surface area contributed by atoms with Gasteiger partial charge in [0.05, 0.1) is 17.7 Å². The van der Waals surface area contributed by atoms with E-state index in [1.807, 2.05) is 44.2 Å². The van der Waals surface area contributed by atoms with Gasteiger partial charge in [-0.05, 0) is 51.9 Å². The summed E-state index contributed by atoms with van der Waals surface area (Å²) in [5.74, 6) is 1.06. The second-order valence-corrected chi connectivity index (χ2v) is 8.89. The molecule has 3 aromatic rings. The Balaban J connectivity index is 1.70. The van der Waals surface area contributed by atoms with Crippen LogP contribution in [0.2, 0.25) is 0 Å². The number of aromatic nitrogens is 2. The SMILES string of the molecule is CC1=C(c2nc(-c3ccccc3)no2)C(c2ccc(C)cc2)NC(=S)N1CCCOC(C)C. The molecule has 1 N–H and O–H groups in total. The summed E-state index contributed by atoms with van der Waals surface area (Å²) in [5.41, 5.74) is 5.17. The molecule has 0 bridgehead atoms. The number of ether oxygens (including phenoxy) is 1. The lowest BCUT2D eigenvalue weighted by atomic mass is 9.94. The van der Waals surface area contributed by atoms with Crippen molar-refractivity contribution in [1.82, 2.24) is 20.4 Å². The van der Waals surface area contributed by atoms with Gasteiger partial charge in [-0.15, -0.1) is 0 Å². The minimum absolute atomic E-state index is 0.176. The number of nitrogens with zero attached hydrogens (tertiary/aromatic N) is 3. The van der Waals surface area contributed by atoms with Crippen LogP contribution in [0.5, 0.6) is 0 Å². The van der Waals surface area contributed by atoms with Gasteiger partial charge in [0.15, 0.2) is 5.11 Å². The van der Waals surface area contributed by atoms with Gasteiger partial charge in [0.1, 0.15) is 0 Å². The predicted octanol–water partition coefficient (Wildman–Crippen LogP) is 5.52. The number of benzene rings is 2. The van der Waals surface area contributed by atoms with E-state index in [1.54, 1.807) is 0 Å². The first-order chi connectivity index (χ1) is 15.9. The van der Waals surface area contributed by atoms with Gasteiger partial charge in [-0.25, -0.2) is 0 Å². The molecular formula is C26H30N4O2S. The maximum Gasteiger partial charge on any atom is 0.258 e. The van der Waals surface area contributed by atoms with Crippen LogP contribution in [0.25, 0.3) is 17.0 Å². The summed E-state index contributed by atoms with van der Waals surface area (Å²) in [5, 5.41) is 8.46. The van der Waals surface area contributed by atoms with Crippen LogP contribution >= 0.6 is 12.2 Å². The first kappa shape index (κ1) is 23.1. The third-order valence-electron chi connectivity index (χ3n) is 5.67. The molecule has 7 heteroatoms. The van der Waals surface area contributed by atoms with E-state index in [4.69, 9.17) is 26.5 Å². The lowest BCUT2D eigenvalue weighted by Crippen LogP contribution is -2.46. The van der Waals surface area contributed by atoms with Gasteiger partial charge < -0.3 is 19.5 Å². The van der Waals surface area contributed by atoms with Crippen LogP contribution in [0.4, 0.5) is 0 Å². The molecule has 0 radical (unpaired) electrons. The molecule has 1 aliphatic heterocycles. The van der Waals surface area contributed by atoms with Gasteiger partial charge in [0, 0.05) is 24.4 Å². The number of hydrogen-bond acceptors (Lipinski definition) is 5. The zero-order valence-corrected chi connectivity index (χ0v) is 20.4. The van der Waals surface area contributed by atoms with Crippen LogP contribution < -0.4 is 5.32 Å². The van der Waals surface area contributed by atoms with Gasteiger partial charge in [-0.2, -0.15) is 4.98 Å². The summed E-state index contributed by atoms with van der Waals surface area (Å²) >= 11 is 5.77. The monoisotopic (exact) mass is 462 g/mol. The van der Waals surface area contributed by atoms with Gasteiger partial charge in [-0.3, -0.25) is 0 Å². The normalized spacial score (nSPS) is 16.5. The lowest BCUT2D eigenvalue weighted by Gasteiger charge is -2.37. The molecule has 172 valence electrons. The highest BCUT2D eigenvalue weighted by Gasteiger charge is 2.33. The van der Waals surface area contributed by atoms with Crippen molar-refractivity contribution in [3.05, 3.63) is 77.3 Å². The molecule has 1 unspecified atom stereocenters. The van der Waals surface area contributed by atoms with Crippen LogP contribution in [0.1, 0.15) is 50.3 Å². The van der Waals surface area contributed by atoms with Crippen molar-refractivity contribution in [2.75, 3.05) is 13.2 Å². The van der Waals surface area contributed by atoms with E-state index in [2.05, 4.69) is 53.5 Å². The van der Waals surface area contributed by atoms with Gasteiger partial charge in [0.25, 0.3) is 5.89 Å². The van der Waals surface area contributed by atoms with Gasteiger partial charge in [0.2, 0.25) is 5.82 Å². The molecule has 0 aliphatic carbocycles. The van der Waals surface area contributed by atoms with E-state index in [0.29, 0.717) is 23.4 Å². The molecule has 1 aliphatic rings. The fourth-order valence-electron chi connectivity index (χ4n) is 3.92. The van der Waals surface area contributed by atoms with Crippen molar-refractivity contribution in [1.29, 1.82) is 0 Å². The number of nitrogens with one attached hydrogen (secondary N) is 1. The minimum atomic E-state index is -0.176. The lowest BCUT2D eigenvalue weighted by molar-refractivity contribution is 0.0749. The molecule has 0 saturated heterocycles. The number of allylic oxidation sites excluding steroid dienone is 1. The van der Waals surface area contributed by atoms with E-state index < -0.39 is 0 Å². The van der Waals surface area contributed by atoms with Crippen LogP contribution in [0.3, 0.4) is 0 Å². The number of rotatable bonds is 8. The van der Waals surface area contributed by atoms with Crippen molar-refractivity contribution in [3.8, 4) is 11.4 Å². The molecule has 33 heavy (non-hydrogen) atoms. The van der Waals surface area contributed by atoms with Crippen molar-refractivity contribution < 1.29 is 9.26 Å². The number of hydrogen-bond donors (Lipinski definition) is 1. The zero-order valence-electron chi connectivity index (χ0n) is 19.5. The van der Waals surface area contributed by atoms with E-state index in [0.717, 1.165) is 35.4 Å². The van der Waals surface area contributed by atoms with Gasteiger partial charge in [-0.1, -0.05) is 65.3 Å². The van der Waals surface area contributed by atoms with Gasteiger partial charge >= 0.3 is 0 Å². The second-order valence-electron chi connectivity index (χ2n) is 8.51. The Labute approximate surface area is 200 Å². The average molecular weight is 463 g/mol. The smallest absolute Gasteiger partial charge is 0.258 e. The zero-order chi connectivity index (χ0) is 23.4. The van der Waals surface area contributed by atoms with Crippen LogP contribution in [0, 0.1) is 6.92 Å². The predicted molar refractivity (Wildman–Crippen MR) is 134 cm³/mol.